The van der Waals surface area contributed by atoms with Crippen LogP contribution in [0.15, 0.2) is 12.2 Å². The molecule has 76 valence electrons. The summed E-state index contributed by atoms with van der Waals surface area (Å²) in [6.07, 6.45) is 6.94. The fraction of sp³-hybridized carbons (Fsp3) is 0.700. The minimum absolute atomic E-state index is 0.277. The molecule has 0 fully saturated rings. The van der Waals surface area contributed by atoms with E-state index in [1.54, 1.807) is 0 Å². The Morgan fingerprint density at radius 2 is 2.15 bits per heavy atom. The van der Waals surface area contributed by atoms with Crippen LogP contribution in [-0.4, -0.2) is 24.3 Å². The van der Waals surface area contributed by atoms with Crippen molar-refractivity contribution in [3.63, 3.8) is 0 Å². The molecule has 0 amide bonds. The molecule has 0 unspecified atom stereocenters. The molecule has 3 nitrogen and oxygen atoms in total. The van der Waals surface area contributed by atoms with Gasteiger partial charge < -0.3 is 9.84 Å². The second-order valence-electron chi connectivity index (χ2n) is 2.77. The van der Waals surface area contributed by atoms with Crippen molar-refractivity contribution in [2.75, 3.05) is 13.2 Å². The highest BCUT2D eigenvalue weighted by Crippen LogP contribution is 2.00. The molecule has 0 spiro atoms. The normalized spacial score (nSPS) is 10.8. The van der Waals surface area contributed by atoms with Gasteiger partial charge in [-0.25, -0.2) is 0 Å². The van der Waals surface area contributed by atoms with Gasteiger partial charge in [0.15, 0.2) is 0 Å². The summed E-state index contributed by atoms with van der Waals surface area (Å²) in [5, 5.41) is 8.35. The molecular formula is C10H18O3. The van der Waals surface area contributed by atoms with Crippen molar-refractivity contribution in [3.05, 3.63) is 12.2 Å². The zero-order chi connectivity index (χ0) is 9.94. The van der Waals surface area contributed by atoms with E-state index < -0.39 is 5.97 Å². The van der Waals surface area contributed by atoms with Crippen molar-refractivity contribution in [1.82, 2.24) is 0 Å². The summed E-state index contributed by atoms with van der Waals surface area (Å²) in [5.41, 5.74) is 0. The third kappa shape index (κ3) is 11.2. The molecule has 0 atom stereocenters. The first-order chi connectivity index (χ1) is 6.27. The summed E-state index contributed by atoms with van der Waals surface area (Å²) in [6, 6.07) is 0. The van der Waals surface area contributed by atoms with Crippen molar-refractivity contribution in [2.45, 2.75) is 32.6 Å². The highest BCUT2D eigenvalue weighted by Gasteiger charge is 1.93. The second-order valence-corrected chi connectivity index (χ2v) is 2.77. The summed E-state index contributed by atoms with van der Waals surface area (Å²) in [7, 11) is 0. The number of ether oxygens (including phenoxy) is 1. The smallest absolute Gasteiger partial charge is 0.303 e. The number of unbranched alkanes of at least 4 members (excludes halogenated alkanes) is 2. The van der Waals surface area contributed by atoms with E-state index >= 15 is 0 Å². The number of aliphatic carboxylic acids is 1. The van der Waals surface area contributed by atoms with Gasteiger partial charge in [0, 0.05) is 13.0 Å². The average Bonchev–Trinajstić information content (AvgIpc) is 2.09. The van der Waals surface area contributed by atoms with E-state index in [1.807, 2.05) is 19.1 Å². The summed E-state index contributed by atoms with van der Waals surface area (Å²) in [6.45, 7) is 3.36. The predicted octanol–water partition coefficient (Wildman–Crippen LogP) is 2.22. The molecule has 0 saturated carbocycles. The Balaban J connectivity index is 3.06. The van der Waals surface area contributed by atoms with Crippen LogP contribution in [0.1, 0.15) is 32.6 Å². The van der Waals surface area contributed by atoms with Crippen LogP contribution in [0.25, 0.3) is 0 Å². The third-order valence-electron chi connectivity index (χ3n) is 1.60. The Morgan fingerprint density at radius 1 is 1.38 bits per heavy atom. The van der Waals surface area contributed by atoms with E-state index in [0.717, 1.165) is 25.9 Å². The van der Waals surface area contributed by atoms with Crippen molar-refractivity contribution in [1.29, 1.82) is 0 Å². The van der Waals surface area contributed by atoms with Gasteiger partial charge in [0.1, 0.15) is 0 Å². The van der Waals surface area contributed by atoms with Gasteiger partial charge >= 0.3 is 5.97 Å². The van der Waals surface area contributed by atoms with Gasteiger partial charge in [-0.2, -0.15) is 0 Å². The molecule has 3 heteroatoms. The average molecular weight is 186 g/mol. The topological polar surface area (TPSA) is 46.5 Å². The standard InChI is InChI=1S/C10H18O3/c1-2-13-9-7-5-3-4-6-8-10(11)12/h5,7H,2-4,6,8-9H2,1H3,(H,11,12)/b7-5+. The number of allylic oxidation sites excluding steroid dienone is 1. The molecule has 0 radical (unpaired) electrons. The maximum atomic E-state index is 10.1. The lowest BCUT2D eigenvalue weighted by Crippen LogP contribution is -1.93. The van der Waals surface area contributed by atoms with Crippen LogP contribution >= 0.6 is 0 Å². The van der Waals surface area contributed by atoms with Crippen LogP contribution < -0.4 is 0 Å². The maximum absolute atomic E-state index is 10.1. The first kappa shape index (κ1) is 12.2. The SMILES string of the molecule is CCOC/C=C/CCCCC(=O)O. The van der Waals surface area contributed by atoms with Gasteiger partial charge in [0.25, 0.3) is 0 Å². The molecule has 0 aliphatic rings. The molecule has 0 aliphatic heterocycles. The fourth-order valence-electron chi connectivity index (χ4n) is 0.910. The van der Waals surface area contributed by atoms with E-state index in [1.165, 1.54) is 0 Å². The Kier molecular flexibility index (Phi) is 8.67. The summed E-state index contributed by atoms with van der Waals surface area (Å²) in [4.78, 5) is 10.1. The molecule has 0 heterocycles. The highest BCUT2D eigenvalue weighted by molar-refractivity contribution is 5.66. The predicted molar refractivity (Wildman–Crippen MR) is 51.7 cm³/mol. The molecule has 0 aromatic carbocycles. The number of hydrogen-bond acceptors (Lipinski definition) is 2. The zero-order valence-corrected chi connectivity index (χ0v) is 8.16. The lowest BCUT2D eigenvalue weighted by molar-refractivity contribution is -0.137. The fourth-order valence-corrected chi connectivity index (χ4v) is 0.910. The highest BCUT2D eigenvalue weighted by atomic mass is 16.5. The lowest BCUT2D eigenvalue weighted by atomic mass is 10.2. The Hall–Kier alpha value is -0.830. The number of carboxylic acid groups (broad SMARTS) is 1. The quantitative estimate of drug-likeness (QED) is 0.467. The van der Waals surface area contributed by atoms with E-state index in [0.29, 0.717) is 6.61 Å². The molecule has 0 aliphatic carbocycles. The Labute approximate surface area is 79.4 Å². The molecule has 0 rings (SSSR count). The zero-order valence-electron chi connectivity index (χ0n) is 8.16. The summed E-state index contributed by atoms with van der Waals surface area (Å²) in [5.74, 6) is -0.710. The maximum Gasteiger partial charge on any atom is 0.303 e. The lowest BCUT2D eigenvalue weighted by Gasteiger charge is -1.94. The second kappa shape index (κ2) is 9.26. The first-order valence-corrected chi connectivity index (χ1v) is 4.72. The van der Waals surface area contributed by atoms with Crippen LogP contribution in [0.5, 0.6) is 0 Å². The minimum Gasteiger partial charge on any atom is -0.481 e. The van der Waals surface area contributed by atoms with Gasteiger partial charge in [-0.3, -0.25) is 4.79 Å². The number of hydrogen-bond donors (Lipinski definition) is 1. The van der Waals surface area contributed by atoms with Gasteiger partial charge in [0.05, 0.1) is 6.61 Å². The van der Waals surface area contributed by atoms with E-state index in [-0.39, 0.29) is 6.42 Å². The van der Waals surface area contributed by atoms with Gasteiger partial charge in [-0.15, -0.1) is 0 Å². The number of carbonyl (C=O) groups is 1. The molecule has 0 saturated heterocycles. The minimum atomic E-state index is -0.710. The van der Waals surface area contributed by atoms with Crippen molar-refractivity contribution in [3.8, 4) is 0 Å². The monoisotopic (exact) mass is 186 g/mol. The van der Waals surface area contributed by atoms with Crippen LogP contribution in [0.4, 0.5) is 0 Å². The van der Waals surface area contributed by atoms with Gasteiger partial charge in [-0.1, -0.05) is 12.2 Å². The largest absolute Gasteiger partial charge is 0.481 e. The van der Waals surface area contributed by atoms with Crippen molar-refractivity contribution in [2.24, 2.45) is 0 Å². The summed E-state index contributed by atoms with van der Waals surface area (Å²) < 4.78 is 5.10. The van der Waals surface area contributed by atoms with Gasteiger partial charge in [-0.05, 0) is 26.2 Å². The van der Waals surface area contributed by atoms with Crippen LogP contribution in [0.2, 0.25) is 0 Å². The number of rotatable bonds is 8. The molecule has 0 aromatic heterocycles. The van der Waals surface area contributed by atoms with E-state index in [2.05, 4.69) is 0 Å². The number of carboxylic acids is 1. The molecular weight excluding hydrogens is 168 g/mol. The van der Waals surface area contributed by atoms with E-state index in [4.69, 9.17) is 9.84 Å². The molecule has 0 bridgehead atoms. The van der Waals surface area contributed by atoms with E-state index in [9.17, 15) is 4.79 Å². The first-order valence-electron chi connectivity index (χ1n) is 4.72. The van der Waals surface area contributed by atoms with Crippen LogP contribution in [0, 0.1) is 0 Å². The molecule has 1 N–H and O–H groups in total. The van der Waals surface area contributed by atoms with Crippen molar-refractivity contribution < 1.29 is 14.6 Å². The Bertz CT molecular complexity index is 152. The summed E-state index contributed by atoms with van der Waals surface area (Å²) >= 11 is 0. The van der Waals surface area contributed by atoms with Crippen molar-refractivity contribution >= 4 is 5.97 Å². The Morgan fingerprint density at radius 3 is 2.77 bits per heavy atom. The van der Waals surface area contributed by atoms with Crippen LogP contribution in [-0.2, 0) is 9.53 Å². The van der Waals surface area contributed by atoms with Crippen LogP contribution in [0.3, 0.4) is 0 Å². The van der Waals surface area contributed by atoms with Gasteiger partial charge in [0.2, 0.25) is 0 Å². The third-order valence-corrected chi connectivity index (χ3v) is 1.60. The molecule has 13 heavy (non-hydrogen) atoms. The molecule has 0 aromatic rings.